The van der Waals surface area contributed by atoms with Crippen molar-refractivity contribution in [3.05, 3.63) is 97.2 Å². The third-order valence-electron chi connectivity index (χ3n) is 11.8. The quantitative estimate of drug-likeness (QED) is 0.0262. The van der Waals surface area contributed by atoms with Gasteiger partial charge in [-0.2, -0.15) is 0 Å². The van der Waals surface area contributed by atoms with Gasteiger partial charge in [-0.1, -0.05) is 227 Å². The zero-order chi connectivity index (χ0) is 49.3. The summed E-state index contributed by atoms with van der Waals surface area (Å²) in [7, 11) is 0. The van der Waals surface area contributed by atoms with Gasteiger partial charge >= 0.3 is 17.9 Å². The molecule has 0 fully saturated rings. The highest BCUT2D eigenvalue weighted by Gasteiger charge is 2.19. The van der Waals surface area contributed by atoms with E-state index in [2.05, 4.69) is 118 Å². The lowest BCUT2D eigenvalue weighted by atomic mass is 10.1. The summed E-state index contributed by atoms with van der Waals surface area (Å²) in [5.74, 6) is -0.980. The SMILES string of the molecule is CC/C=C\C/C=C\C/C=C\C/C=C\C/C=C\CCCC(=O)O[C@H](COC(=O)CCCCCCC/C=C\C/C=C\CCCC)COC(=O)CCCCCCCCCCC/C=C\CCCCCCCC. The van der Waals surface area contributed by atoms with Crippen LogP contribution in [0.4, 0.5) is 0 Å². The van der Waals surface area contributed by atoms with Gasteiger partial charge in [-0.05, 0) is 109 Å². The molecule has 0 N–H and O–H groups in total. The Morgan fingerprint density at radius 3 is 1.00 bits per heavy atom. The first-order valence-corrected chi connectivity index (χ1v) is 28.2. The van der Waals surface area contributed by atoms with Crippen molar-refractivity contribution >= 4 is 17.9 Å². The number of hydrogen-bond acceptors (Lipinski definition) is 6. The van der Waals surface area contributed by atoms with Crippen LogP contribution in [0, 0.1) is 0 Å². The average Bonchev–Trinajstić information content (AvgIpc) is 3.34. The molecule has 0 aromatic carbocycles. The van der Waals surface area contributed by atoms with E-state index < -0.39 is 6.10 Å². The summed E-state index contributed by atoms with van der Waals surface area (Å²) in [4.78, 5) is 38.1. The van der Waals surface area contributed by atoms with E-state index in [0.717, 1.165) is 103 Å². The van der Waals surface area contributed by atoms with E-state index in [1.54, 1.807) is 0 Å². The van der Waals surface area contributed by atoms with Crippen molar-refractivity contribution < 1.29 is 28.6 Å². The summed E-state index contributed by atoms with van der Waals surface area (Å²) in [5.41, 5.74) is 0. The van der Waals surface area contributed by atoms with E-state index in [-0.39, 0.29) is 37.5 Å². The van der Waals surface area contributed by atoms with Crippen LogP contribution in [0.5, 0.6) is 0 Å². The molecule has 0 heterocycles. The van der Waals surface area contributed by atoms with Gasteiger partial charge < -0.3 is 14.2 Å². The lowest BCUT2D eigenvalue weighted by Crippen LogP contribution is -2.30. The standard InChI is InChI=1S/C62H104O6/c1-4-7-10-13-16-19-22-25-28-30-31-33-34-37-40-43-46-49-52-55-61(64)67-58-59(57-66-60(63)54-51-48-45-42-39-36-27-24-21-18-15-12-9-6-3)68-62(65)56-53-50-47-44-41-38-35-32-29-26-23-20-17-14-11-8-5-2/h8,11,15,17-18,20,24-29,35,38,44,47,59H,4-7,9-10,12-14,16,19,21-23,30-34,36-37,39-43,45-46,48-58H2,1-3H3/b11-8-,18-15-,20-17-,27-24-,28-25-,29-26-,38-35-,47-44-/t59-/m1/s1. The van der Waals surface area contributed by atoms with Gasteiger partial charge in [-0.15, -0.1) is 0 Å². The first-order chi connectivity index (χ1) is 33.5. The molecule has 0 radical (unpaired) electrons. The Morgan fingerprint density at radius 2 is 0.603 bits per heavy atom. The number of carbonyl (C=O) groups excluding carboxylic acids is 3. The molecule has 0 saturated carbocycles. The number of unbranched alkanes of at least 4 members (excludes halogenated alkanes) is 23. The van der Waals surface area contributed by atoms with Gasteiger partial charge in [0.15, 0.2) is 6.10 Å². The molecule has 68 heavy (non-hydrogen) atoms. The maximum atomic E-state index is 12.8. The second-order valence-corrected chi connectivity index (χ2v) is 18.5. The van der Waals surface area contributed by atoms with Gasteiger partial charge in [0.1, 0.15) is 13.2 Å². The second kappa shape index (κ2) is 55.9. The number of allylic oxidation sites excluding steroid dienone is 16. The molecule has 0 spiro atoms. The van der Waals surface area contributed by atoms with Crippen molar-refractivity contribution in [2.75, 3.05) is 13.2 Å². The number of hydrogen-bond donors (Lipinski definition) is 0. The van der Waals surface area contributed by atoms with Gasteiger partial charge in [0.2, 0.25) is 0 Å². The molecule has 0 aromatic rings. The zero-order valence-corrected chi connectivity index (χ0v) is 44.3. The molecule has 0 aliphatic rings. The van der Waals surface area contributed by atoms with E-state index in [4.69, 9.17) is 14.2 Å². The molecule has 6 heteroatoms. The van der Waals surface area contributed by atoms with E-state index in [0.29, 0.717) is 19.3 Å². The largest absolute Gasteiger partial charge is 0.462 e. The first-order valence-electron chi connectivity index (χ1n) is 28.2. The maximum Gasteiger partial charge on any atom is 0.306 e. The molecule has 0 aliphatic heterocycles. The summed E-state index contributed by atoms with van der Waals surface area (Å²) >= 11 is 0. The maximum absolute atomic E-state index is 12.8. The van der Waals surface area contributed by atoms with Crippen molar-refractivity contribution in [2.45, 2.75) is 264 Å². The van der Waals surface area contributed by atoms with Crippen LogP contribution < -0.4 is 0 Å². The molecule has 0 amide bonds. The van der Waals surface area contributed by atoms with Crippen LogP contribution in [0.25, 0.3) is 0 Å². The van der Waals surface area contributed by atoms with Gasteiger partial charge in [0.25, 0.3) is 0 Å². The van der Waals surface area contributed by atoms with Crippen LogP contribution in [0.1, 0.15) is 258 Å². The highest BCUT2D eigenvalue weighted by atomic mass is 16.6. The predicted molar refractivity (Wildman–Crippen MR) is 293 cm³/mol. The van der Waals surface area contributed by atoms with Crippen LogP contribution in [0.15, 0.2) is 97.2 Å². The minimum atomic E-state index is -0.815. The number of carbonyl (C=O) groups is 3. The summed E-state index contributed by atoms with van der Waals surface area (Å²) in [6.07, 6.45) is 74.0. The molecule has 1 atom stereocenters. The summed E-state index contributed by atoms with van der Waals surface area (Å²) in [5, 5.41) is 0. The van der Waals surface area contributed by atoms with Crippen molar-refractivity contribution in [1.82, 2.24) is 0 Å². The zero-order valence-electron chi connectivity index (χ0n) is 44.3. The van der Waals surface area contributed by atoms with Crippen molar-refractivity contribution in [1.29, 1.82) is 0 Å². The van der Waals surface area contributed by atoms with E-state index in [9.17, 15) is 14.4 Å². The Labute approximate surface area is 419 Å². The first kappa shape index (κ1) is 64.3. The van der Waals surface area contributed by atoms with Gasteiger partial charge in [-0.3, -0.25) is 14.4 Å². The minimum Gasteiger partial charge on any atom is -0.462 e. The molecule has 0 aliphatic carbocycles. The van der Waals surface area contributed by atoms with Crippen molar-refractivity contribution in [3.63, 3.8) is 0 Å². The predicted octanol–water partition coefficient (Wildman–Crippen LogP) is 18.9. The Hall–Kier alpha value is -3.67. The fraction of sp³-hybridized carbons (Fsp3) is 0.694. The molecule has 6 nitrogen and oxygen atoms in total. The summed E-state index contributed by atoms with van der Waals surface area (Å²) in [6, 6.07) is 0. The Bertz CT molecular complexity index is 1360. The summed E-state index contributed by atoms with van der Waals surface area (Å²) in [6.45, 7) is 6.43. The number of rotatable bonds is 50. The Morgan fingerprint density at radius 1 is 0.309 bits per heavy atom. The van der Waals surface area contributed by atoms with Crippen molar-refractivity contribution in [3.8, 4) is 0 Å². The van der Waals surface area contributed by atoms with Crippen LogP contribution in [-0.2, 0) is 28.6 Å². The average molecular weight is 946 g/mol. The highest BCUT2D eigenvalue weighted by Crippen LogP contribution is 2.14. The van der Waals surface area contributed by atoms with E-state index in [1.807, 2.05) is 0 Å². The third-order valence-corrected chi connectivity index (χ3v) is 11.8. The van der Waals surface area contributed by atoms with Crippen molar-refractivity contribution in [2.24, 2.45) is 0 Å². The molecular weight excluding hydrogens is 841 g/mol. The number of esters is 3. The van der Waals surface area contributed by atoms with Gasteiger partial charge in [0, 0.05) is 19.3 Å². The van der Waals surface area contributed by atoms with Crippen LogP contribution in [0.2, 0.25) is 0 Å². The molecular formula is C62H104O6. The molecule has 0 unspecified atom stereocenters. The molecule has 0 rings (SSSR count). The second-order valence-electron chi connectivity index (χ2n) is 18.5. The molecule has 0 aromatic heterocycles. The third kappa shape index (κ3) is 53.3. The smallest absolute Gasteiger partial charge is 0.306 e. The van der Waals surface area contributed by atoms with E-state index >= 15 is 0 Å². The monoisotopic (exact) mass is 945 g/mol. The minimum absolute atomic E-state index is 0.106. The fourth-order valence-electron chi connectivity index (χ4n) is 7.55. The van der Waals surface area contributed by atoms with Crippen LogP contribution in [-0.4, -0.2) is 37.2 Å². The fourth-order valence-corrected chi connectivity index (χ4v) is 7.55. The summed E-state index contributed by atoms with van der Waals surface area (Å²) < 4.78 is 16.8. The normalized spacial score (nSPS) is 12.8. The lowest BCUT2D eigenvalue weighted by molar-refractivity contribution is -0.167. The van der Waals surface area contributed by atoms with Gasteiger partial charge in [-0.25, -0.2) is 0 Å². The Balaban J connectivity index is 4.48. The number of ether oxygens (including phenoxy) is 3. The highest BCUT2D eigenvalue weighted by molar-refractivity contribution is 5.71. The Kier molecular flexibility index (Phi) is 52.9. The van der Waals surface area contributed by atoms with Crippen LogP contribution >= 0.6 is 0 Å². The molecule has 0 saturated heterocycles. The molecule has 388 valence electrons. The van der Waals surface area contributed by atoms with E-state index in [1.165, 1.54) is 109 Å². The lowest BCUT2D eigenvalue weighted by Gasteiger charge is -2.18. The van der Waals surface area contributed by atoms with Crippen LogP contribution in [0.3, 0.4) is 0 Å². The topological polar surface area (TPSA) is 78.9 Å². The van der Waals surface area contributed by atoms with Gasteiger partial charge in [0.05, 0.1) is 0 Å². The molecule has 0 bridgehead atoms.